The summed E-state index contributed by atoms with van der Waals surface area (Å²) in [5, 5.41) is 0.832. The van der Waals surface area contributed by atoms with Crippen molar-refractivity contribution in [1.29, 1.82) is 0 Å². The third-order valence-corrected chi connectivity index (χ3v) is 5.12. The lowest BCUT2D eigenvalue weighted by Gasteiger charge is -2.15. The lowest BCUT2D eigenvalue weighted by molar-refractivity contribution is 0.324. The quantitative estimate of drug-likeness (QED) is 0.425. The van der Waals surface area contributed by atoms with Crippen LogP contribution in [-0.2, 0) is 0 Å². The predicted molar refractivity (Wildman–Crippen MR) is 118 cm³/mol. The van der Waals surface area contributed by atoms with Crippen molar-refractivity contribution >= 4 is 16.5 Å². The van der Waals surface area contributed by atoms with Crippen LogP contribution in [0.4, 0.5) is 4.39 Å². The summed E-state index contributed by atoms with van der Waals surface area (Å²) >= 11 is 0. The summed E-state index contributed by atoms with van der Waals surface area (Å²) < 4.78 is 29.9. The van der Waals surface area contributed by atoms with E-state index in [0.717, 1.165) is 38.9 Å². The summed E-state index contributed by atoms with van der Waals surface area (Å²) in [4.78, 5) is 3.34. The minimum atomic E-state index is -0.252. The average Bonchev–Trinajstić information content (AvgIpc) is 3.20. The highest BCUT2D eigenvalue weighted by atomic mass is 19.1. The zero-order chi connectivity index (χ0) is 21.3. The molecular weight excluding hydrogens is 381 g/mol. The number of fused-ring (bicyclic) bond motifs is 1. The largest absolute Gasteiger partial charge is 0.493 e. The van der Waals surface area contributed by atoms with Crippen LogP contribution >= 0.6 is 0 Å². The Hall–Kier alpha value is -3.73. The van der Waals surface area contributed by atoms with Crippen LogP contribution < -0.4 is 14.2 Å². The number of hydrogen-bond acceptors (Lipinski definition) is 3. The van der Waals surface area contributed by atoms with Crippen LogP contribution in [0.15, 0.2) is 67.2 Å². The van der Waals surface area contributed by atoms with Crippen molar-refractivity contribution in [3.8, 4) is 28.5 Å². The first-order chi connectivity index (χ1) is 14.5. The molecule has 0 saturated heterocycles. The maximum Gasteiger partial charge on any atom is 0.203 e. The van der Waals surface area contributed by atoms with E-state index >= 15 is 0 Å². The average molecular weight is 403 g/mol. The monoisotopic (exact) mass is 403 g/mol. The molecule has 1 N–H and O–H groups in total. The second-order valence-electron chi connectivity index (χ2n) is 6.89. The molecule has 0 bridgehead atoms. The first-order valence-corrected chi connectivity index (χ1v) is 9.42. The number of nitrogens with one attached hydrogen (secondary N) is 1. The summed E-state index contributed by atoms with van der Waals surface area (Å²) in [6, 6.07) is 18.4. The van der Waals surface area contributed by atoms with Crippen molar-refractivity contribution in [2.75, 3.05) is 21.3 Å². The van der Waals surface area contributed by atoms with Crippen LogP contribution in [0.3, 0.4) is 0 Å². The third-order valence-electron chi connectivity index (χ3n) is 5.12. The van der Waals surface area contributed by atoms with Crippen LogP contribution in [0.25, 0.3) is 27.7 Å². The Morgan fingerprint density at radius 1 is 0.833 bits per heavy atom. The molecule has 1 heterocycles. The molecule has 0 spiro atoms. The second-order valence-corrected chi connectivity index (χ2v) is 6.89. The topological polar surface area (TPSA) is 43.5 Å². The van der Waals surface area contributed by atoms with Crippen LogP contribution in [0.1, 0.15) is 11.1 Å². The van der Waals surface area contributed by atoms with Crippen molar-refractivity contribution < 1.29 is 18.6 Å². The second kappa shape index (κ2) is 7.95. The number of rotatable bonds is 6. The minimum absolute atomic E-state index is 0.252. The highest BCUT2D eigenvalue weighted by Crippen LogP contribution is 2.41. The first-order valence-electron chi connectivity index (χ1n) is 9.42. The molecule has 0 aliphatic heterocycles. The molecule has 3 aromatic carbocycles. The van der Waals surface area contributed by atoms with E-state index in [9.17, 15) is 4.39 Å². The van der Waals surface area contributed by atoms with Gasteiger partial charge in [0.25, 0.3) is 0 Å². The maximum atomic E-state index is 13.5. The molecule has 4 rings (SSSR count). The number of aromatic amines is 1. The van der Waals surface area contributed by atoms with Gasteiger partial charge < -0.3 is 19.2 Å². The van der Waals surface area contributed by atoms with Gasteiger partial charge in [0.1, 0.15) is 5.82 Å². The Morgan fingerprint density at radius 2 is 1.57 bits per heavy atom. The molecule has 0 saturated carbocycles. The smallest absolute Gasteiger partial charge is 0.203 e. The van der Waals surface area contributed by atoms with Gasteiger partial charge in [-0.1, -0.05) is 24.8 Å². The lowest BCUT2D eigenvalue weighted by atomic mass is 9.96. The SMILES string of the molecule is C=C(c1cccc(-c2cc3cc(F)ccc3[nH]2)c1)c1cc(OC)c(OC)c(OC)c1. The van der Waals surface area contributed by atoms with Gasteiger partial charge in [-0.05, 0) is 64.7 Å². The summed E-state index contributed by atoms with van der Waals surface area (Å²) in [5.41, 5.74) is 5.42. The number of H-pyrrole nitrogens is 1. The van der Waals surface area contributed by atoms with E-state index in [1.807, 2.05) is 42.5 Å². The number of aromatic nitrogens is 1. The Morgan fingerprint density at radius 3 is 2.23 bits per heavy atom. The van der Waals surface area contributed by atoms with E-state index in [0.29, 0.717) is 17.2 Å². The summed E-state index contributed by atoms with van der Waals surface area (Å²) in [6.45, 7) is 4.28. The van der Waals surface area contributed by atoms with E-state index in [-0.39, 0.29) is 5.82 Å². The highest BCUT2D eigenvalue weighted by Gasteiger charge is 2.15. The van der Waals surface area contributed by atoms with E-state index < -0.39 is 0 Å². The zero-order valence-electron chi connectivity index (χ0n) is 17.1. The highest BCUT2D eigenvalue weighted by molar-refractivity contribution is 5.87. The van der Waals surface area contributed by atoms with Crippen LogP contribution in [0.2, 0.25) is 0 Å². The molecular formula is C25H22FNO3. The number of ether oxygens (including phenoxy) is 3. The molecule has 0 aliphatic carbocycles. The maximum absolute atomic E-state index is 13.5. The van der Waals surface area contributed by atoms with Crippen molar-refractivity contribution in [1.82, 2.24) is 4.98 Å². The molecule has 0 fully saturated rings. The number of halogens is 1. The molecule has 0 aliphatic rings. The molecule has 4 nitrogen and oxygen atoms in total. The fourth-order valence-corrected chi connectivity index (χ4v) is 3.56. The Balaban J connectivity index is 1.74. The van der Waals surface area contributed by atoms with Crippen LogP contribution in [0.5, 0.6) is 17.2 Å². The van der Waals surface area contributed by atoms with Gasteiger partial charge in [0.2, 0.25) is 5.75 Å². The molecule has 0 unspecified atom stereocenters. The minimum Gasteiger partial charge on any atom is -0.493 e. The van der Waals surface area contributed by atoms with Gasteiger partial charge in [-0.25, -0.2) is 4.39 Å². The van der Waals surface area contributed by atoms with E-state index in [1.54, 1.807) is 27.4 Å². The molecule has 0 amide bonds. The molecule has 1 aromatic heterocycles. The van der Waals surface area contributed by atoms with Gasteiger partial charge in [-0.2, -0.15) is 0 Å². The van der Waals surface area contributed by atoms with Gasteiger partial charge in [0, 0.05) is 16.6 Å². The van der Waals surface area contributed by atoms with Crippen molar-refractivity contribution in [3.63, 3.8) is 0 Å². The number of hydrogen-bond donors (Lipinski definition) is 1. The Kier molecular flexibility index (Phi) is 5.19. The van der Waals surface area contributed by atoms with Gasteiger partial charge in [-0.15, -0.1) is 0 Å². The molecule has 5 heteroatoms. The molecule has 30 heavy (non-hydrogen) atoms. The van der Waals surface area contributed by atoms with Crippen LogP contribution in [0, 0.1) is 5.82 Å². The number of methoxy groups -OCH3 is 3. The van der Waals surface area contributed by atoms with Crippen molar-refractivity contribution in [3.05, 3.63) is 84.2 Å². The summed E-state index contributed by atoms with van der Waals surface area (Å²) in [5.74, 6) is 1.43. The third kappa shape index (κ3) is 3.50. The van der Waals surface area contributed by atoms with Crippen molar-refractivity contribution in [2.45, 2.75) is 0 Å². The molecule has 0 atom stereocenters. The molecule has 4 aromatic rings. The van der Waals surface area contributed by atoms with E-state index in [4.69, 9.17) is 14.2 Å². The Labute approximate surface area is 174 Å². The van der Waals surface area contributed by atoms with E-state index in [2.05, 4.69) is 11.6 Å². The van der Waals surface area contributed by atoms with Crippen LogP contribution in [-0.4, -0.2) is 26.3 Å². The van der Waals surface area contributed by atoms with Gasteiger partial charge in [0.15, 0.2) is 11.5 Å². The summed E-state index contributed by atoms with van der Waals surface area (Å²) in [6.07, 6.45) is 0. The standard InChI is InChI=1S/C25H22FNO3/c1-15(18-13-23(28-2)25(30-4)24(14-18)29-3)16-6-5-7-17(10-16)22-12-19-11-20(26)8-9-21(19)27-22/h5-14,27H,1H2,2-4H3. The lowest BCUT2D eigenvalue weighted by Crippen LogP contribution is -1.97. The zero-order valence-corrected chi connectivity index (χ0v) is 17.1. The fraction of sp³-hybridized carbons (Fsp3) is 0.120. The predicted octanol–water partition coefficient (Wildman–Crippen LogP) is 6.06. The van der Waals surface area contributed by atoms with Gasteiger partial charge >= 0.3 is 0 Å². The summed E-state index contributed by atoms with van der Waals surface area (Å²) in [7, 11) is 4.75. The molecule has 0 radical (unpaired) electrons. The van der Waals surface area contributed by atoms with Crippen molar-refractivity contribution in [2.24, 2.45) is 0 Å². The normalized spacial score (nSPS) is 10.8. The fourth-order valence-electron chi connectivity index (χ4n) is 3.56. The van der Waals surface area contributed by atoms with Gasteiger partial charge in [-0.3, -0.25) is 0 Å². The van der Waals surface area contributed by atoms with E-state index in [1.165, 1.54) is 12.1 Å². The molecule has 152 valence electrons. The number of benzene rings is 3. The first kappa shape index (κ1) is 19.6. The van der Waals surface area contributed by atoms with Gasteiger partial charge in [0.05, 0.1) is 21.3 Å². The Bertz CT molecular complexity index is 1220.